The highest BCUT2D eigenvalue weighted by Gasteiger charge is 2.29. The molecule has 0 bridgehead atoms. The molecule has 0 spiro atoms. The molecule has 9 heavy (non-hydrogen) atoms. The van der Waals surface area contributed by atoms with Gasteiger partial charge in [0.25, 0.3) is 5.12 Å². The molecule has 1 aliphatic heterocycles. The molecular weight excluding hydrogens is 140 g/mol. The van der Waals surface area contributed by atoms with Gasteiger partial charge in [0.05, 0.1) is 5.25 Å². The molecule has 0 radical (unpaired) electrons. The van der Waals surface area contributed by atoms with Crippen molar-refractivity contribution in [3.63, 3.8) is 0 Å². The summed E-state index contributed by atoms with van der Waals surface area (Å²) in [6.45, 7) is 1.65. The van der Waals surface area contributed by atoms with Crippen molar-refractivity contribution < 1.29 is 15.0 Å². The van der Waals surface area contributed by atoms with Crippen LogP contribution in [0.4, 0.5) is 0 Å². The molecule has 0 aromatic rings. The van der Waals surface area contributed by atoms with E-state index in [0.717, 1.165) is 11.8 Å². The number of aliphatic hydroxyl groups is 2. The maximum atomic E-state index is 10.5. The van der Waals surface area contributed by atoms with E-state index in [1.54, 1.807) is 6.92 Å². The van der Waals surface area contributed by atoms with Crippen LogP contribution in [0.15, 0.2) is 11.5 Å². The highest BCUT2D eigenvalue weighted by molar-refractivity contribution is 8.15. The van der Waals surface area contributed by atoms with Crippen molar-refractivity contribution in [2.24, 2.45) is 0 Å². The third-order valence-corrected chi connectivity index (χ3v) is 2.09. The topological polar surface area (TPSA) is 57.5 Å². The Morgan fingerprint density at radius 3 is 2.22 bits per heavy atom. The number of hydrogen-bond donors (Lipinski definition) is 2. The number of carbonyl (C=O) groups is 1. The van der Waals surface area contributed by atoms with Gasteiger partial charge in [0.2, 0.25) is 5.76 Å². The maximum Gasteiger partial charge on any atom is 0.258 e. The van der Waals surface area contributed by atoms with Gasteiger partial charge in [0, 0.05) is 0 Å². The Morgan fingerprint density at radius 2 is 2.11 bits per heavy atom. The molecule has 0 saturated heterocycles. The third kappa shape index (κ3) is 0.896. The molecule has 0 amide bonds. The smallest absolute Gasteiger partial charge is 0.258 e. The van der Waals surface area contributed by atoms with Crippen molar-refractivity contribution in [1.29, 1.82) is 0 Å². The van der Waals surface area contributed by atoms with Crippen LogP contribution in [0.1, 0.15) is 6.92 Å². The molecule has 1 rings (SSSR count). The van der Waals surface area contributed by atoms with Gasteiger partial charge in [-0.2, -0.15) is 0 Å². The van der Waals surface area contributed by atoms with Gasteiger partial charge in [0.1, 0.15) is 0 Å². The van der Waals surface area contributed by atoms with E-state index in [0.29, 0.717) is 0 Å². The van der Waals surface area contributed by atoms with E-state index in [-0.39, 0.29) is 11.0 Å². The molecular formula is C5H6O3S. The van der Waals surface area contributed by atoms with Crippen molar-refractivity contribution in [2.75, 3.05) is 0 Å². The molecule has 0 aromatic carbocycles. The van der Waals surface area contributed by atoms with E-state index in [1.807, 2.05) is 0 Å². The molecule has 2 N–H and O–H groups in total. The van der Waals surface area contributed by atoms with Crippen molar-refractivity contribution in [2.45, 2.75) is 12.2 Å². The number of rotatable bonds is 0. The Balaban J connectivity index is 2.92. The Labute approximate surface area is 56.4 Å². The lowest BCUT2D eigenvalue weighted by molar-refractivity contribution is -0.110. The average Bonchev–Trinajstić information content (AvgIpc) is 1.98. The summed E-state index contributed by atoms with van der Waals surface area (Å²) in [7, 11) is 0. The summed E-state index contributed by atoms with van der Waals surface area (Å²) in [5.74, 6) is -0.697. The zero-order valence-corrected chi connectivity index (χ0v) is 5.60. The molecule has 0 aromatic heterocycles. The third-order valence-electron chi connectivity index (χ3n) is 1.10. The van der Waals surface area contributed by atoms with Crippen molar-refractivity contribution in [1.82, 2.24) is 0 Å². The fraction of sp³-hybridized carbons (Fsp3) is 0.400. The normalized spacial score (nSPS) is 27.7. The van der Waals surface area contributed by atoms with E-state index in [9.17, 15) is 4.79 Å². The minimum Gasteiger partial charge on any atom is -0.507 e. The molecule has 1 atom stereocenters. The first-order chi connectivity index (χ1) is 4.13. The summed E-state index contributed by atoms with van der Waals surface area (Å²) in [6, 6.07) is 0. The molecule has 50 valence electrons. The standard InChI is InChI=1S/C5H6O3S/c1-2-3(6)4(7)5(8)9-2/h2,6-7H,1H3. The predicted octanol–water partition coefficient (Wildman–Crippen LogP) is 0.976. The fourth-order valence-corrected chi connectivity index (χ4v) is 1.33. The minimum absolute atomic E-state index is 0.204. The number of aliphatic hydroxyl groups excluding tert-OH is 2. The first kappa shape index (κ1) is 6.48. The van der Waals surface area contributed by atoms with Gasteiger partial charge in [-0.25, -0.2) is 0 Å². The van der Waals surface area contributed by atoms with Crippen LogP contribution in [0.3, 0.4) is 0 Å². The summed E-state index contributed by atoms with van der Waals surface area (Å²) in [4.78, 5) is 10.5. The van der Waals surface area contributed by atoms with Crippen LogP contribution in [0, 0.1) is 0 Å². The molecule has 0 saturated carbocycles. The van der Waals surface area contributed by atoms with Crippen molar-refractivity contribution in [3.8, 4) is 0 Å². The summed E-state index contributed by atoms with van der Waals surface area (Å²) in [6.07, 6.45) is 0. The zero-order chi connectivity index (χ0) is 7.02. The Kier molecular flexibility index (Phi) is 1.40. The van der Waals surface area contributed by atoms with Gasteiger partial charge in [-0.3, -0.25) is 4.79 Å². The summed E-state index contributed by atoms with van der Waals surface area (Å²) in [5.41, 5.74) is 0. The molecule has 4 heteroatoms. The number of hydrogen-bond acceptors (Lipinski definition) is 4. The second-order valence-corrected chi connectivity index (χ2v) is 3.09. The first-order valence-corrected chi connectivity index (χ1v) is 3.34. The molecule has 0 fully saturated rings. The monoisotopic (exact) mass is 146 g/mol. The van der Waals surface area contributed by atoms with Gasteiger partial charge >= 0.3 is 0 Å². The largest absolute Gasteiger partial charge is 0.507 e. The molecule has 1 heterocycles. The van der Waals surface area contributed by atoms with Gasteiger partial charge in [-0.05, 0) is 6.92 Å². The average molecular weight is 146 g/mol. The lowest BCUT2D eigenvalue weighted by Crippen LogP contribution is -1.94. The van der Waals surface area contributed by atoms with Crippen LogP contribution in [0.5, 0.6) is 0 Å². The summed E-state index contributed by atoms with van der Waals surface area (Å²) < 4.78 is 0. The molecule has 0 aliphatic carbocycles. The van der Waals surface area contributed by atoms with Crippen molar-refractivity contribution >= 4 is 16.9 Å². The minimum atomic E-state index is -0.493. The van der Waals surface area contributed by atoms with Gasteiger partial charge in [-0.1, -0.05) is 11.8 Å². The summed E-state index contributed by atoms with van der Waals surface area (Å²) >= 11 is 0.924. The number of carbonyl (C=O) groups excluding carboxylic acids is 1. The van der Waals surface area contributed by atoms with E-state index >= 15 is 0 Å². The molecule has 1 unspecified atom stereocenters. The highest BCUT2D eigenvalue weighted by Crippen LogP contribution is 2.29. The van der Waals surface area contributed by atoms with Crippen LogP contribution in [0.2, 0.25) is 0 Å². The Bertz CT molecular complexity index is 185. The number of thioether (sulfide) groups is 1. The second-order valence-electron chi connectivity index (χ2n) is 1.78. The lowest BCUT2D eigenvalue weighted by Gasteiger charge is -1.94. The van der Waals surface area contributed by atoms with Crippen LogP contribution in [0.25, 0.3) is 0 Å². The van der Waals surface area contributed by atoms with Crippen LogP contribution in [-0.4, -0.2) is 20.6 Å². The van der Waals surface area contributed by atoms with Gasteiger partial charge < -0.3 is 10.2 Å². The van der Waals surface area contributed by atoms with Crippen molar-refractivity contribution in [3.05, 3.63) is 11.5 Å². The highest BCUT2D eigenvalue weighted by atomic mass is 32.2. The van der Waals surface area contributed by atoms with Crippen LogP contribution >= 0.6 is 11.8 Å². The van der Waals surface area contributed by atoms with Crippen LogP contribution < -0.4 is 0 Å². The first-order valence-electron chi connectivity index (χ1n) is 2.46. The Hall–Kier alpha value is -0.640. The van der Waals surface area contributed by atoms with Gasteiger partial charge in [0.15, 0.2) is 5.76 Å². The van der Waals surface area contributed by atoms with E-state index in [1.165, 1.54) is 0 Å². The predicted molar refractivity (Wildman–Crippen MR) is 34.3 cm³/mol. The lowest BCUT2D eigenvalue weighted by atomic mass is 10.3. The summed E-state index contributed by atoms with van der Waals surface area (Å²) in [5, 5.41) is 16.8. The maximum absolute atomic E-state index is 10.5. The molecule has 1 aliphatic rings. The molecule has 3 nitrogen and oxygen atoms in total. The van der Waals surface area contributed by atoms with E-state index in [2.05, 4.69) is 0 Å². The Morgan fingerprint density at radius 1 is 1.56 bits per heavy atom. The van der Waals surface area contributed by atoms with Gasteiger partial charge in [-0.15, -0.1) is 0 Å². The fourth-order valence-electron chi connectivity index (χ4n) is 0.569. The quantitative estimate of drug-likeness (QED) is 0.534. The second kappa shape index (κ2) is 1.95. The van der Waals surface area contributed by atoms with E-state index in [4.69, 9.17) is 10.2 Å². The van der Waals surface area contributed by atoms with Crippen LogP contribution in [-0.2, 0) is 4.79 Å². The zero-order valence-electron chi connectivity index (χ0n) is 4.79. The van der Waals surface area contributed by atoms with E-state index < -0.39 is 10.9 Å². The SMILES string of the molecule is CC1SC(=O)C(O)=C1O.